The van der Waals surface area contributed by atoms with Gasteiger partial charge in [-0.3, -0.25) is 4.79 Å². The summed E-state index contributed by atoms with van der Waals surface area (Å²) in [4.78, 5) is 12.5. The van der Waals surface area contributed by atoms with E-state index in [0.29, 0.717) is 6.54 Å². The molecule has 0 radical (unpaired) electrons. The van der Waals surface area contributed by atoms with Crippen LogP contribution in [0.15, 0.2) is 12.1 Å². The van der Waals surface area contributed by atoms with Gasteiger partial charge >= 0.3 is 0 Å². The van der Waals surface area contributed by atoms with Crippen LogP contribution in [0.4, 0.5) is 0 Å². The second kappa shape index (κ2) is 7.12. The van der Waals surface area contributed by atoms with Gasteiger partial charge in [0.05, 0.1) is 16.9 Å². The fourth-order valence-corrected chi connectivity index (χ4v) is 2.07. The summed E-state index contributed by atoms with van der Waals surface area (Å²) in [6.45, 7) is 4.34. The summed E-state index contributed by atoms with van der Waals surface area (Å²) >= 11 is 7.23. The monoisotopic (exact) mass is 282 g/mol. The van der Waals surface area contributed by atoms with Gasteiger partial charge < -0.3 is 11.1 Å². The molecule has 0 saturated heterocycles. The molecule has 1 heterocycles. The van der Waals surface area contributed by atoms with Gasteiger partial charge in [-0.2, -0.15) is 0 Å². The highest BCUT2D eigenvalue weighted by Crippen LogP contribution is 2.20. The first-order chi connectivity index (χ1) is 7.00. The summed E-state index contributed by atoms with van der Waals surface area (Å²) in [5.41, 5.74) is 5.69. The second-order valence-electron chi connectivity index (χ2n) is 3.69. The highest BCUT2D eigenvalue weighted by atomic mass is 35.5. The SMILES string of the molecule is CC(C)C(N)C(=O)NCc1ccc(Cl)s1.Cl. The molecule has 0 aliphatic heterocycles. The molecule has 0 bridgehead atoms. The Labute approximate surface area is 111 Å². The normalized spacial score (nSPS) is 12.1. The number of rotatable bonds is 4. The first-order valence-electron chi connectivity index (χ1n) is 4.78. The van der Waals surface area contributed by atoms with Crippen molar-refractivity contribution >= 4 is 41.3 Å². The summed E-state index contributed by atoms with van der Waals surface area (Å²) in [5.74, 6) is 0.0337. The summed E-state index contributed by atoms with van der Waals surface area (Å²) in [7, 11) is 0. The number of carbonyl (C=O) groups is 1. The maximum absolute atomic E-state index is 11.5. The van der Waals surface area contributed by atoms with Gasteiger partial charge in [-0.15, -0.1) is 23.7 Å². The van der Waals surface area contributed by atoms with Gasteiger partial charge in [0.15, 0.2) is 0 Å². The Hall–Kier alpha value is -0.290. The lowest BCUT2D eigenvalue weighted by Crippen LogP contribution is -2.43. The molecule has 0 saturated carbocycles. The lowest BCUT2D eigenvalue weighted by atomic mass is 10.1. The molecule has 1 rings (SSSR count). The topological polar surface area (TPSA) is 55.1 Å². The zero-order valence-corrected chi connectivity index (χ0v) is 11.6. The van der Waals surface area contributed by atoms with Crippen LogP contribution >= 0.6 is 35.3 Å². The molecule has 16 heavy (non-hydrogen) atoms. The summed E-state index contributed by atoms with van der Waals surface area (Å²) in [6.07, 6.45) is 0. The molecule has 1 atom stereocenters. The summed E-state index contributed by atoms with van der Waals surface area (Å²) < 4.78 is 0.729. The average molecular weight is 283 g/mol. The quantitative estimate of drug-likeness (QED) is 0.891. The minimum Gasteiger partial charge on any atom is -0.350 e. The molecule has 0 fully saturated rings. The Balaban J connectivity index is 0.00000225. The number of nitrogens with two attached hydrogens (primary N) is 1. The van der Waals surface area contributed by atoms with Crippen molar-refractivity contribution in [3.05, 3.63) is 21.3 Å². The fourth-order valence-electron chi connectivity index (χ4n) is 1.04. The van der Waals surface area contributed by atoms with Gasteiger partial charge in [0.25, 0.3) is 0 Å². The molecule has 6 heteroatoms. The van der Waals surface area contributed by atoms with Crippen LogP contribution < -0.4 is 11.1 Å². The number of hydrogen-bond donors (Lipinski definition) is 2. The van der Waals surface area contributed by atoms with Crippen molar-refractivity contribution in [1.82, 2.24) is 5.32 Å². The van der Waals surface area contributed by atoms with Crippen LogP contribution in [0, 0.1) is 5.92 Å². The van der Waals surface area contributed by atoms with E-state index in [0.717, 1.165) is 9.21 Å². The first kappa shape index (κ1) is 15.7. The first-order valence-corrected chi connectivity index (χ1v) is 5.97. The Bertz CT molecular complexity index is 341. The van der Waals surface area contributed by atoms with E-state index in [4.69, 9.17) is 17.3 Å². The van der Waals surface area contributed by atoms with E-state index in [2.05, 4.69) is 5.32 Å². The van der Waals surface area contributed by atoms with Crippen molar-refractivity contribution < 1.29 is 4.79 Å². The van der Waals surface area contributed by atoms with E-state index in [1.165, 1.54) is 11.3 Å². The molecule has 92 valence electrons. The maximum atomic E-state index is 11.5. The third kappa shape index (κ3) is 4.70. The largest absolute Gasteiger partial charge is 0.350 e. The highest BCUT2D eigenvalue weighted by Gasteiger charge is 2.16. The Morgan fingerprint density at radius 2 is 2.19 bits per heavy atom. The molecule has 3 N–H and O–H groups in total. The number of thiophene rings is 1. The molecule has 3 nitrogen and oxygen atoms in total. The van der Waals surface area contributed by atoms with Gasteiger partial charge in [0, 0.05) is 4.88 Å². The number of hydrogen-bond acceptors (Lipinski definition) is 3. The zero-order chi connectivity index (χ0) is 11.4. The Morgan fingerprint density at radius 3 is 2.62 bits per heavy atom. The third-order valence-corrected chi connectivity index (χ3v) is 3.32. The van der Waals surface area contributed by atoms with Crippen molar-refractivity contribution in [2.24, 2.45) is 11.7 Å². The average Bonchev–Trinajstić information content (AvgIpc) is 2.59. The van der Waals surface area contributed by atoms with Crippen molar-refractivity contribution in [2.45, 2.75) is 26.4 Å². The second-order valence-corrected chi connectivity index (χ2v) is 5.49. The summed E-state index contributed by atoms with van der Waals surface area (Å²) in [5, 5.41) is 2.78. The number of halogens is 2. The van der Waals surface area contributed by atoms with Crippen LogP contribution in [-0.2, 0) is 11.3 Å². The van der Waals surface area contributed by atoms with Crippen molar-refractivity contribution in [2.75, 3.05) is 0 Å². The van der Waals surface area contributed by atoms with Crippen LogP contribution in [0.25, 0.3) is 0 Å². The van der Waals surface area contributed by atoms with Gasteiger partial charge in [0.1, 0.15) is 0 Å². The van der Waals surface area contributed by atoms with E-state index < -0.39 is 6.04 Å². The van der Waals surface area contributed by atoms with Gasteiger partial charge in [-0.1, -0.05) is 25.4 Å². The molecule has 0 aliphatic carbocycles. The van der Waals surface area contributed by atoms with Crippen molar-refractivity contribution in [1.29, 1.82) is 0 Å². The van der Waals surface area contributed by atoms with Crippen LogP contribution in [0.1, 0.15) is 18.7 Å². The molecule has 0 aromatic carbocycles. The van der Waals surface area contributed by atoms with Crippen molar-refractivity contribution in [3.8, 4) is 0 Å². The van der Waals surface area contributed by atoms with E-state index in [1.54, 1.807) is 0 Å². The van der Waals surface area contributed by atoms with E-state index in [1.807, 2.05) is 26.0 Å². The molecule has 1 aromatic heterocycles. The number of amides is 1. The van der Waals surface area contributed by atoms with Crippen LogP contribution in [0.5, 0.6) is 0 Å². The Kier molecular flexibility index (Phi) is 6.99. The molecular formula is C10H16Cl2N2OS. The third-order valence-electron chi connectivity index (χ3n) is 2.09. The molecular weight excluding hydrogens is 267 g/mol. The molecule has 1 aromatic rings. The predicted molar refractivity (Wildman–Crippen MR) is 71.2 cm³/mol. The molecule has 1 amide bonds. The maximum Gasteiger partial charge on any atom is 0.237 e. The lowest BCUT2D eigenvalue weighted by molar-refractivity contribution is -0.123. The predicted octanol–water partition coefficient (Wildman–Crippen LogP) is 2.42. The van der Waals surface area contributed by atoms with E-state index in [-0.39, 0.29) is 24.2 Å². The van der Waals surface area contributed by atoms with Crippen LogP contribution in [0.2, 0.25) is 4.34 Å². The van der Waals surface area contributed by atoms with Crippen LogP contribution in [-0.4, -0.2) is 11.9 Å². The fraction of sp³-hybridized carbons (Fsp3) is 0.500. The zero-order valence-electron chi connectivity index (χ0n) is 9.20. The van der Waals surface area contributed by atoms with Crippen molar-refractivity contribution in [3.63, 3.8) is 0 Å². The molecule has 0 aliphatic rings. The minimum atomic E-state index is -0.444. The van der Waals surface area contributed by atoms with Gasteiger partial charge in [0.2, 0.25) is 5.91 Å². The Morgan fingerprint density at radius 1 is 1.56 bits per heavy atom. The minimum absolute atomic E-state index is 0. The molecule has 1 unspecified atom stereocenters. The smallest absolute Gasteiger partial charge is 0.237 e. The summed E-state index contributed by atoms with van der Waals surface area (Å²) in [6, 6.07) is 3.27. The molecule has 0 spiro atoms. The van der Waals surface area contributed by atoms with Gasteiger partial charge in [-0.25, -0.2) is 0 Å². The highest BCUT2D eigenvalue weighted by molar-refractivity contribution is 7.16. The van der Waals surface area contributed by atoms with E-state index >= 15 is 0 Å². The standard InChI is InChI=1S/C10H15ClN2OS.ClH/c1-6(2)9(12)10(14)13-5-7-3-4-8(11)15-7;/h3-4,6,9H,5,12H2,1-2H3,(H,13,14);1H. The lowest BCUT2D eigenvalue weighted by Gasteiger charge is -2.14. The number of nitrogens with one attached hydrogen (secondary N) is 1. The van der Waals surface area contributed by atoms with Gasteiger partial charge in [-0.05, 0) is 18.1 Å². The number of carbonyl (C=O) groups excluding carboxylic acids is 1. The van der Waals surface area contributed by atoms with Crippen LogP contribution in [0.3, 0.4) is 0 Å². The van der Waals surface area contributed by atoms with E-state index in [9.17, 15) is 4.79 Å².